The Labute approximate surface area is 169 Å². The fraction of sp³-hybridized carbons (Fsp3) is 0.455. The summed E-state index contributed by atoms with van der Waals surface area (Å²) in [5.74, 6) is -1.65. The van der Waals surface area contributed by atoms with Gasteiger partial charge in [-0.05, 0) is 56.9 Å². The zero-order valence-corrected chi connectivity index (χ0v) is 16.5. The number of amides is 4. The lowest BCUT2D eigenvalue weighted by atomic mass is 9.85. The molecule has 1 N–H and O–H groups in total. The molecule has 4 rings (SSSR count). The highest BCUT2D eigenvalue weighted by atomic mass is 16.2. The summed E-state index contributed by atoms with van der Waals surface area (Å²) in [7, 11) is 0. The second-order valence-electron chi connectivity index (χ2n) is 7.94. The first-order valence-corrected chi connectivity index (χ1v) is 10.2. The van der Waals surface area contributed by atoms with E-state index in [4.69, 9.17) is 0 Å². The van der Waals surface area contributed by atoms with E-state index in [2.05, 4.69) is 5.32 Å². The van der Waals surface area contributed by atoms with Crippen molar-refractivity contribution in [2.45, 2.75) is 38.6 Å². The Balaban J connectivity index is 1.40. The maximum Gasteiger partial charge on any atom is 0.253 e. The molecule has 0 unspecified atom stereocenters. The largest absolute Gasteiger partial charge is 0.339 e. The third-order valence-electron chi connectivity index (χ3n) is 6.10. The highest BCUT2D eigenvalue weighted by Gasteiger charge is 2.50. The highest BCUT2D eigenvalue weighted by molar-refractivity contribution is 6.10. The molecular weight excluding hydrogens is 370 g/mol. The van der Waals surface area contributed by atoms with Gasteiger partial charge in [-0.3, -0.25) is 24.1 Å². The van der Waals surface area contributed by atoms with Gasteiger partial charge in [0.15, 0.2) is 0 Å². The number of likely N-dealkylation sites (tertiary alicyclic amines) is 2. The van der Waals surface area contributed by atoms with Gasteiger partial charge < -0.3 is 10.2 Å². The number of carbonyl (C=O) groups is 4. The number of hydrogen-bond acceptors (Lipinski definition) is 4. The summed E-state index contributed by atoms with van der Waals surface area (Å²) < 4.78 is 0. The standard InChI is InChI=1S/C22H25N3O4/c1-14(25-21(28)17-6-2-3-7-18(17)22(25)29)19(26)23-16-10-8-15(9-11-16)20(27)24-12-4-5-13-24/h2-3,8-11,14,17-18H,4-7,12-13H2,1H3,(H,23,26)/t14-,17+,18+/m1/s1. The van der Waals surface area contributed by atoms with Gasteiger partial charge >= 0.3 is 0 Å². The maximum absolute atomic E-state index is 12.7. The second kappa shape index (κ2) is 7.81. The Morgan fingerprint density at radius 3 is 2.07 bits per heavy atom. The van der Waals surface area contributed by atoms with E-state index in [9.17, 15) is 19.2 Å². The Morgan fingerprint density at radius 2 is 1.52 bits per heavy atom. The summed E-state index contributed by atoms with van der Waals surface area (Å²) in [5.41, 5.74) is 1.11. The van der Waals surface area contributed by atoms with E-state index in [1.54, 1.807) is 31.2 Å². The predicted molar refractivity (Wildman–Crippen MR) is 107 cm³/mol. The molecule has 152 valence electrons. The van der Waals surface area contributed by atoms with Crippen molar-refractivity contribution in [3.63, 3.8) is 0 Å². The quantitative estimate of drug-likeness (QED) is 0.625. The van der Waals surface area contributed by atoms with Gasteiger partial charge in [0, 0.05) is 24.3 Å². The number of hydrogen-bond donors (Lipinski definition) is 1. The van der Waals surface area contributed by atoms with E-state index in [1.807, 2.05) is 17.1 Å². The molecule has 2 heterocycles. The van der Waals surface area contributed by atoms with Crippen LogP contribution in [-0.2, 0) is 14.4 Å². The number of nitrogens with one attached hydrogen (secondary N) is 1. The fourth-order valence-corrected chi connectivity index (χ4v) is 4.37. The molecule has 2 saturated heterocycles. The third kappa shape index (κ3) is 3.57. The van der Waals surface area contributed by atoms with E-state index >= 15 is 0 Å². The molecule has 3 atom stereocenters. The molecule has 1 aromatic rings. The average Bonchev–Trinajstić information content (AvgIpc) is 3.36. The number of allylic oxidation sites excluding steroid dienone is 2. The van der Waals surface area contributed by atoms with Crippen LogP contribution >= 0.6 is 0 Å². The van der Waals surface area contributed by atoms with Crippen molar-refractivity contribution < 1.29 is 19.2 Å². The number of imide groups is 1. The molecule has 7 heteroatoms. The monoisotopic (exact) mass is 395 g/mol. The van der Waals surface area contributed by atoms with Gasteiger partial charge in [0.1, 0.15) is 6.04 Å². The van der Waals surface area contributed by atoms with Gasteiger partial charge in [0.05, 0.1) is 11.8 Å². The zero-order chi connectivity index (χ0) is 20.5. The van der Waals surface area contributed by atoms with Crippen LogP contribution in [0.3, 0.4) is 0 Å². The van der Waals surface area contributed by atoms with E-state index in [0.717, 1.165) is 30.8 Å². The summed E-state index contributed by atoms with van der Waals surface area (Å²) in [5, 5.41) is 2.75. The lowest BCUT2D eigenvalue weighted by molar-refractivity contribution is -0.146. The average molecular weight is 395 g/mol. The van der Waals surface area contributed by atoms with Crippen LogP contribution in [0.25, 0.3) is 0 Å². The smallest absolute Gasteiger partial charge is 0.253 e. The van der Waals surface area contributed by atoms with Crippen LogP contribution < -0.4 is 5.32 Å². The second-order valence-corrected chi connectivity index (χ2v) is 7.94. The lowest BCUT2D eigenvalue weighted by Gasteiger charge is -2.22. The number of fused-ring (bicyclic) bond motifs is 1. The van der Waals surface area contributed by atoms with Gasteiger partial charge in [-0.2, -0.15) is 0 Å². The molecule has 2 fully saturated rings. The van der Waals surface area contributed by atoms with Crippen molar-refractivity contribution in [1.29, 1.82) is 0 Å². The Morgan fingerprint density at radius 1 is 0.966 bits per heavy atom. The van der Waals surface area contributed by atoms with Gasteiger partial charge in [-0.15, -0.1) is 0 Å². The van der Waals surface area contributed by atoms with Gasteiger partial charge in [0.25, 0.3) is 5.91 Å². The highest BCUT2D eigenvalue weighted by Crippen LogP contribution is 2.36. The van der Waals surface area contributed by atoms with Gasteiger partial charge in [-0.1, -0.05) is 12.2 Å². The van der Waals surface area contributed by atoms with Crippen LogP contribution in [0.2, 0.25) is 0 Å². The summed E-state index contributed by atoms with van der Waals surface area (Å²) in [4.78, 5) is 53.3. The first-order valence-electron chi connectivity index (χ1n) is 10.2. The molecule has 0 saturated carbocycles. The molecule has 0 spiro atoms. The topological polar surface area (TPSA) is 86.8 Å². The van der Waals surface area contributed by atoms with Crippen molar-refractivity contribution >= 4 is 29.3 Å². The normalized spacial score (nSPS) is 24.6. The molecule has 0 radical (unpaired) electrons. The Bertz CT molecular complexity index is 845. The first-order chi connectivity index (χ1) is 14.0. The third-order valence-corrected chi connectivity index (χ3v) is 6.10. The molecule has 4 amide bonds. The molecule has 3 aliphatic rings. The van der Waals surface area contributed by atoms with Gasteiger partial charge in [0.2, 0.25) is 17.7 Å². The summed E-state index contributed by atoms with van der Waals surface area (Å²) >= 11 is 0. The van der Waals surface area contributed by atoms with Crippen LogP contribution in [0.1, 0.15) is 43.0 Å². The van der Waals surface area contributed by atoms with E-state index in [1.165, 1.54) is 0 Å². The number of carbonyl (C=O) groups excluding carboxylic acids is 4. The van der Waals surface area contributed by atoms with Crippen LogP contribution in [-0.4, -0.2) is 52.6 Å². The number of anilines is 1. The molecule has 29 heavy (non-hydrogen) atoms. The zero-order valence-electron chi connectivity index (χ0n) is 16.5. The van der Waals surface area contributed by atoms with Crippen molar-refractivity contribution in [2.75, 3.05) is 18.4 Å². The molecule has 1 aliphatic carbocycles. The summed E-state index contributed by atoms with van der Waals surface area (Å²) in [6.07, 6.45) is 7.00. The summed E-state index contributed by atoms with van der Waals surface area (Å²) in [6, 6.07) is 5.84. The van der Waals surface area contributed by atoms with Crippen molar-refractivity contribution in [2.24, 2.45) is 11.8 Å². The Kier molecular flexibility index (Phi) is 5.22. The minimum Gasteiger partial charge on any atom is -0.339 e. The molecule has 0 bridgehead atoms. The molecule has 1 aromatic carbocycles. The predicted octanol–water partition coefficient (Wildman–Crippen LogP) is 2.20. The lowest BCUT2D eigenvalue weighted by Crippen LogP contribution is -2.46. The van der Waals surface area contributed by atoms with Crippen molar-refractivity contribution in [3.8, 4) is 0 Å². The Hall–Kier alpha value is -2.96. The maximum atomic E-state index is 12.7. The van der Waals surface area contributed by atoms with E-state index in [-0.39, 0.29) is 29.6 Å². The number of rotatable bonds is 4. The summed E-state index contributed by atoms with van der Waals surface area (Å²) in [6.45, 7) is 3.13. The van der Waals surface area contributed by atoms with Crippen LogP contribution in [0.4, 0.5) is 5.69 Å². The minimum atomic E-state index is -0.883. The number of nitrogens with zero attached hydrogens (tertiary/aromatic N) is 2. The number of benzene rings is 1. The SMILES string of the molecule is C[C@H](C(=O)Nc1ccc(C(=O)N2CCCC2)cc1)N1C(=O)[C@H]2CC=CC[C@@H]2C1=O. The van der Waals surface area contributed by atoms with Gasteiger partial charge in [-0.25, -0.2) is 0 Å². The van der Waals surface area contributed by atoms with E-state index in [0.29, 0.717) is 24.1 Å². The molecule has 0 aromatic heterocycles. The van der Waals surface area contributed by atoms with Crippen LogP contribution in [0.15, 0.2) is 36.4 Å². The van der Waals surface area contributed by atoms with Crippen molar-refractivity contribution in [1.82, 2.24) is 9.80 Å². The molecule has 2 aliphatic heterocycles. The molecular formula is C22H25N3O4. The fourth-order valence-electron chi connectivity index (χ4n) is 4.37. The minimum absolute atomic E-state index is 0.00165. The van der Waals surface area contributed by atoms with Crippen LogP contribution in [0.5, 0.6) is 0 Å². The van der Waals surface area contributed by atoms with Crippen molar-refractivity contribution in [3.05, 3.63) is 42.0 Å². The first kappa shape index (κ1) is 19.4. The molecule has 7 nitrogen and oxygen atoms in total. The van der Waals surface area contributed by atoms with E-state index < -0.39 is 11.9 Å². The van der Waals surface area contributed by atoms with Crippen LogP contribution in [0, 0.1) is 11.8 Å².